The summed E-state index contributed by atoms with van der Waals surface area (Å²) in [6, 6.07) is 2.83. The van der Waals surface area contributed by atoms with Crippen molar-refractivity contribution < 1.29 is 22.3 Å². The van der Waals surface area contributed by atoms with Gasteiger partial charge in [-0.05, 0) is 32.9 Å². The SMILES string of the molecule is CCNC(=NCc1cc(F)cc2c1OCOC2)N1CCS(=O)(=O)C(C)(C)C1. The lowest BCUT2D eigenvalue weighted by molar-refractivity contribution is -0.0172. The Balaban J connectivity index is 1.84. The third kappa shape index (κ3) is 4.19. The molecule has 1 aromatic carbocycles. The molecule has 0 aromatic heterocycles. The van der Waals surface area contributed by atoms with Crippen LogP contribution in [0.2, 0.25) is 0 Å². The maximum absolute atomic E-state index is 13.9. The molecular formula is C18H26FN3O4S. The van der Waals surface area contributed by atoms with Crippen molar-refractivity contribution in [2.24, 2.45) is 4.99 Å². The molecule has 150 valence electrons. The molecule has 27 heavy (non-hydrogen) atoms. The van der Waals surface area contributed by atoms with Gasteiger partial charge in [-0.3, -0.25) is 0 Å². The van der Waals surface area contributed by atoms with E-state index in [1.54, 1.807) is 13.8 Å². The molecule has 0 saturated carbocycles. The van der Waals surface area contributed by atoms with E-state index in [1.807, 2.05) is 11.8 Å². The Hall–Kier alpha value is -1.87. The molecule has 0 unspecified atom stereocenters. The highest BCUT2D eigenvalue weighted by Crippen LogP contribution is 2.30. The monoisotopic (exact) mass is 399 g/mol. The molecule has 1 N–H and O–H groups in total. The zero-order chi connectivity index (χ0) is 19.7. The number of guanidine groups is 1. The van der Waals surface area contributed by atoms with E-state index in [-0.39, 0.29) is 24.9 Å². The topological polar surface area (TPSA) is 80.2 Å². The second kappa shape index (κ2) is 7.63. The molecule has 1 aromatic rings. The van der Waals surface area contributed by atoms with Crippen LogP contribution < -0.4 is 10.1 Å². The first-order valence-electron chi connectivity index (χ1n) is 9.01. The van der Waals surface area contributed by atoms with Crippen LogP contribution >= 0.6 is 0 Å². The van der Waals surface area contributed by atoms with Gasteiger partial charge in [0.2, 0.25) is 0 Å². The minimum Gasteiger partial charge on any atom is -0.467 e. The summed E-state index contributed by atoms with van der Waals surface area (Å²) in [4.78, 5) is 6.56. The van der Waals surface area contributed by atoms with Gasteiger partial charge in [-0.2, -0.15) is 0 Å². The summed E-state index contributed by atoms with van der Waals surface area (Å²) in [5, 5.41) is 3.20. The molecule has 0 spiro atoms. The molecule has 0 amide bonds. The van der Waals surface area contributed by atoms with Crippen molar-refractivity contribution in [1.29, 1.82) is 0 Å². The molecule has 0 radical (unpaired) electrons. The predicted octanol–water partition coefficient (Wildman–Crippen LogP) is 1.67. The number of hydrogen-bond donors (Lipinski definition) is 1. The summed E-state index contributed by atoms with van der Waals surface area (Å²) in [5.41, 5.74) is 1.31. The predicted molar refractivity (Wildman–Crippen MR) is 101 cm³/mol. The van der Waals surface area contributed by atoms with Crippen LogP contribution in [0.25, 0.3) is 0 Å². The smallest absolute Gasteiger partial charge is 0.194 e. The second-order valence-corrected chi connectivity index (χ2v) is 10.1. The van der Waals surface area contributed by atoms with Crippen LogP contribution in [0.1, 0.15) is 31.9 Å². The van der Waals surface area contributed by atoms with E-state index in [2.05, 4.69) is 10.3 Å². The molecular weight excluding hydrogens is 373 g/mol. The average molecular weight is 399 g/mol. The van der Waals surface area contributed by atoms with Crippen LogP contribution in [0.4, 0.5) is 4.39 Å². The summed E-state index contributed by atoms with van der Waals surface area (Å²) in [6.45, 7) is 7.46. The highest BCUT2D eigenvalue weighted by atomic mass is 32.2. The van der Waals surface area contributed by atoms with Crippen molar-refractivity contribution in [3.05, 3.63) is 29.1 Å². The van der Waals surface area contributed by atoms with Crippen LogP contribution in [-0.2, 0) is 27.7 Å². The van der Waals surface area contributed by atoms with Crippen molar-refractivity contribution in [3.63, 3.8) is 0 Å². The molecule has 1 saturated heterocycles. The largest absolute Gasteiger partial charge is 0.467 e. The van der Waals surface area contributed by atoms with Crippen molar-refractivity contribution in [2.75, 3.05) is 32.2 Å². The fraction of sp³-hybridized carbons (Fsp3) is 0.611. The Labute approximate surface area is 159 Å². The summed E-state index contributed by atoms with van der Waals surface area (Å²) in [6.07, 6.45) is 0. The van der Waals surface area contributed by atoms with Crippen LogP contribution in [0.15, 0.2) is 17.1 Å². The molecule has 0 atom stereocenters. The van der Waals surface area contributed by atoms with Gasteiger partial charge < -0.3 is 19.7 Å². The number of sulfone groups is 1. The van der Waals surface area contributed by atoms with Crippen molar-refractivity contribution >= 4 is 15.8 Å². The summed E-state index contributed by atoms with van der Waals surface area (Å²) in [5.74, 6) is 0.956. The quantitative estimate of drug-likeness (QED) is 0.615. The molecule has 0 bridgehead atoms. The first-order chi connectivity index (χ1) is 12.7. The van der Waals surface area contributed by atoms with E-state index >= 15 is 0 Å². The van der Waals surface area contributed by atoms with Gasteiger partial charge in [0.1, 0.15) is 11.6 Å². The van der Waals surface area contributed by atoms with Crippen LogP contribution in [0.3, 0.4) is 0 Å². The number of ether oxygens (including phenoxy) is 2. The maximum atomic E-state index is 13.9. The zero-order valence-corrected chi connectivity index (χ0v) is 16.7. The average Bonchev–Trinajstić information content (AvgIpc) is 2.60. The zero-order valence-electron chi connectivity index (χ0n) is 15.9. The standard InChI is InChI=1S/C18H26FN3O4S/c1-4-20-17(22-5-6-27(23,24)18(2,3)11-22)21-9-13-7-15(19)8-14-10-25-12-26-16(13)14/h7-8H,4-6,9-12H2,1-3H3,(H,20,21). The minimum absolute atomic E-state index is 0.0836. The number of nitrogens with one attached hydrogen (secondary N) is 1. The maximum Gasteiger partial charge on any atom is 0.194 e. The first-order valence-corrected chi connectivity index (χ1v) is 10.7. The molecule has 2 aliphatic heterocycles. The number of hydrogen-bond acceptors (Lipinski definition) is 5. The Bertz CT molecular complexity index is 839. The Morgan fingerprint density at radius 3 is 2.89 bits per heavy atom. The molecule has 2 heterocycles. The number of rotatable bonds is 3. The number of halogens is 1. The Morgan fingerprint density at radius 1 is 1.41 bits per heavy atom. The normalized spacial score (nSPS) is 21.3. The van der Waals surface area contributed by atoms with Gasteiger partial charge >= 0.3 is 0 Å². The van der Waals surface area contributed by atoms with Crippen molar-refractivity contribution in [3.8, 4) is 5.75 Å². The van der Waals surface area contributed by atoms with E-state index < -0.39 is 14.6 Å². The molecule has 9 heteroatoms. The van der Waals surface area contributed by atoms with Crippen LogP contribution in [0, 0.1) is 5.82 Å². The lowest BCUT2D eigenvalue weighted by Crippen LogP contribution is -2.57. The number of fused-ring (bicyclic) bond motifs is 1. The van der Waals surface area contributed by atoms with Gasteiger partial charge in [0.25, 0.3) is 0 Å². The Kier molecular flexibility index (Phi) is 5.62. The molecule has 0 aliphatic carbocycles. The van der Waals surface area contributed by atoms with Gasteiger partial charge in [-0.1, -0.05) is 0 Å². The van der Waals surface area contributed by atoms with Gasteiger partial charge in [0, 0.05) is 30.8 Å². The third-order valence-electron chi connectivity index (χ3n) is 4.83. The highest BCUT2D eigenvalue weighted by molar-refractivity contribution is 7.92. The van der Waals surface area contributed by atoms with Gasteiger partial charge in [0.15, 0.2) is 22.6 Å². The number of aliphatic imine (C=N–C) groups is 1. The number of benzene rings is 1. The lowest BCUT2D eigenvalue weighted by Gasteiger charge is -2.39. The lowest BCUT2D eigenvalue weighted by atomic mass is 10.1. The second-order valence-electron chi connectivity index (χ2n) is 7.33. The van der Waals surface area contributed by atoms with Gasteiger partial charge in [-0.25, -0.2) is 17.8 Å². The van der Waals surface area contributed by atoms with Crippen LogP contribution in [0.5, 0.6) is 5.75 Å². The third-order valence-corrected chi connectivity index (χ3v) is 7.36. The van der Waals surface area contributed by atoms with Gasteiger partial charge in [-0.15, -0.1) is 0 Å². The van der Waals surface area contributed by atoms with E-state index in [4.69, 9.17) is 9.47 Å². The van der Waals surface area contributed by atoms with E-state index in [0.717, 1.165) is 0 Å². The summed E-state index contributed by atoms with van der Waals surface area (Å²) >= 11 is 0. The van der Waals surface area contributed by atoms with Gasteiger partial charge in [0.05, 0.1) is 23.7 Å². The van der Waals surface area contributed by atoms with E-state index in [0.29, 0.717) is 49.1 Å². The van der Waals surface area contributed by atoms with E-state index in [1.165, 1.54) is 12.1 Å². The van der Waals surface area contributed by atoms with Crippen molar-refractivity contribution in [2.45, 2.75) is 38.7 Å². The first kappa shape index (κ1) is 19.9. The summed E-state index contributed by atoms with van der Waals surface area (Å²) in [7, 11) is -3.14. The van der Waals surface area contributed by atoms with Crippen molar-refractivity contribution in [1.82, 2.24) is 10.2 Å². The van der Waals surface area contributed by atoms with E-state index in [9.17, 15) is 12.8 Å². The molecule has 3 rings (SSSR count). The molecule has 7 nitrogen and oxygen atoms in total. The fourth-order valence-electron chi connectivity index (χ4n) is 3.28. The summed E-state index contributed by atoms with van der Waals surface area (Å²) < 4.78 is 48.3. The highest BCUT2D eigenvalue weighted by Gasteiger charge is 2.41. The number of nitrogens with zero attached hydrogens (tertiary/aromatic N) is 2. The van der Waals surface area contributed by atoms with Crippen LogP contribution in [-0.4, -0.2) is 56.2 Å². The molecule has 2 aliphatic rings. The Morgan fingerprint density at radius 2 is 2.19 bits per heavy atom. The molecule has 1 fully saturated rings. The minimum atomic E-state index is -3.14. The fourth-order valence-corrected chi connectivity index (χ4v) is 4.65.